The molecule has 0 radical (unpaired) electrons. The number of aliphatic imine (C=N–C) groups is 1. The monoisotopic (exact) mass is 529 g/mol. The van der Waals surface area contributed by atoms with E-state index in [9.17, 15) is 57.1 Å². The first kappa shape index (κ1) is 28.2. The van der Waals surface area contributed by atoms with E-state index in [1.54, 1.807) is 0 Å². The van der Waals surface area contributed by atoms with E-state index in [1.807, 2.05) is 0 Å². The van der Waals surface area contributed by atoms with Crippen LogP contribution in [0, 0.1) is 0 Å². The number of methoxy groups -OCH3 is 1. The molecule has 0 aliphatic rings. The normalized spacial score (nSPS) is 14.7. The van der Waals surface area contributed by atoms with Crippen LogP contribution in [0.15, 0.2) is 59.6 Å². The van der Waals surface area contributed by atoms with Gasteiger partial charge in [0, 0.05) is 5.56 Å². The van der Waals surface area contributed by atoms with Crippen LogP contribution < -0.4 is 4.74 Å². The maximum atomic E-state index is 14.8. The van der Waals surface area contributed by atoms with Crippen molar-refractivity contribution in [3.05, 3.63) is 60.2 Å². The molecule has 2 aromatic carbocycles. The van der Waals surface area contributed by atoms with E-state index in [4.69, 9.17) is 4.74 Å². The lowest BCUT2D eigenvalue weighted by atomic mass is 9.89. The molecule has 2 aromatic rings. The average molecular weight is 529 g/mol. The molecule has 2 nitrogen and oxygen atoms in total. The van der Waals surface area contributed by atoms with Crippen LogP contribution in [0.4, 0.5) is 62.8 Å². The Morgan fingerprint density at radius 1 is 0.600 bits per heavy atom. The van der Waals surface area contributed by atoms with Gasteiger partial charge in [-0.1, -0.05) is 30.3 Å². The molecule has 2 rings (SSSR count). The minimum atomic E-state index is -7.99. The molecular weight excluding hydrogens is 517 g/mol. The Balaban J connectivity index is 2.75. The van der Waals surface area contributed by atoms with E-state index >= 15 is 0 Å². The largest absolute Gasteiger partial charge is 0.497 e. The number of benzene rings is 2. The number of hydrogen-bond acceptors (Lipinski definition) is 2. The van der Waals surface area contributed by atoms with Gasteiger partial charge in [0.05, 0.1) is 12.8 Å². The summed E-state index contributed by atoms with van der Waals surface area (Å²) in [7, 11) is 1.18. The predicted molar refractivity (Wildman–Crippen MR) is 96.4 cm³/mol. The lowest BCUT2D eigenvalue weighted by molar-refractivity contribution is -0.434. The van der Waals surface area contributed by atoms with Crippen LogP contribution in [0.25, 0.3) is 0 Å². The average Bonchev–Trinajstić information content (AvgIpc) is 2.77. The van der Waals surface area contributed by atoms with Crippen LogP contribution in [0.2, 0.25) is 0 Å². The second-order valence-electron chi connectivity index (χ2n) is 6.89. The Morgan fingerprint density at radius 2 is 1.06 bits per heavy atom. The minimum absolute atomic E-state index is 0.0999. The number of nitrogens with zero attached hydrogens (tertiary/aromatic N) is 1. The van der Waals surface area contributed by atoms with Crippen molar-refractivity contribution in [2.75, 3.05) is 7.11 Å². The van der Waals surface area contributed by atoms with Crippen molar-refractivity contribution in [3.8, 4) is 5.75 Å². The maximum absolute atomic E-state index is 14.8. The topological polar surface area (TPSA) is 21.6 Å². The van der Waals surface area contributed by atoms with Gasteiger partial charge in [-0.2, -0.15) is 57.1 Å². The zero-order valence-electron chi connectivity index (χ0n) is 17.0. The van der Waals surface area contributed by atoms with Crippen LogP contribution in [-0.4, -0.2) is 48.6 Å². The third kappa shape index (κ3) is 4.51. The summed E-state index contributed by atoms with van der Waals surface area (Å²) in [5.41, 5.74) is -3.98. The van der Waals surface area contributed by atoms with Crippen molar-refractivity contribution >= 4 is 11.4 Å². The Kier molecular flexibility index (Phi) is 7.18. The number of rotatable bonds is 8. The Morgan fingerprint density at radius 3 is 1.49 bits per heavy atom. The molecule has 194 valence electrons. The van der Waals surface area contributed by atoms with Gasteiger partial charge in [0.2, 0.25) is 0 Å². The zero-order chi connectivity index (χ0) is 27.1. The first-order chi connectivity index (χ1) is 15.8. The summed E-state index contributed by atoms with van der Waals surface area (Å²) >= 11 is 0. The Hall–Kier alpha value is -3.00. The zero-order valence-corrected chi connectivity index (χ0v) is 17.0. The summed E-state index contributed by atoms with van der Waals surface area (Å²) in [6.07, 6.45) is -7.48. The SMILES string of the molecule is COc1ccc(N=C(c2ccccc2)C(F)(F)C(F)(F)C(F)(F)C(F)(F)C(F)(F)C(F)(F)F)cc1. The highest BCUT2D eigenvalue weighted by molar-refractivity contribution is 6.07. The predicted octanol–water partition coefficient (Wildman–Crippen LogP) is 7.55. The first-order valence-electron chi connectivity index (χ1n) is 9.00. The molecule has 0 aromatic heterocycles. The van der Waals surface area contributed by atoms with Crippen molar-refractivity contribution < 1.29 is 61.8 Å². The van der Waals surface area contributed by atoms with Gasteiger partial charge in [0.25, 0.3) is 0 Å². The fourth-order valence-electron chi connectivity index (χ4n) is 2.62. The molecule has 0 saturated carbocycles. The third-order valence-electron chi connectivity index (χ3n) is 4.59. The van der Waals surface area contributed by atoms with Gasteiger partial charge < -0.3 is 4.74 Å². The Labute approximate surface area is 188 Å². The molecule has 15 heteroatoms. The van der Waals surface area contributed by atoms with Crippen molar-refractivity contribution in [1.82, 2.24) is 0 Å². The van der Waals surface area contributed by atoms with Gasteiger partial charge in [-0.05, 0) is 24.3 Å². The standard InChI is InChI=1S/C20H12F13NO/c1-35-13-9-7-12(8-10-13)34-14(11-5-3-2-4-6-11)15(21,22)16(23,24)17(25,26)18(27,28)19(29,30)20(31,32)33/h2-10H,1H3. The smallest absolute Gasteiger partial charge is 0.460 e. The fraction of sp³-hybridized carbons (Fsp3) is 0.350. The summed E-state index contributed by atoms with van der Waals surface area (Å²) in [4.78, 5) is 3.09. The van der Waals surface area contributed by atoms with E-state index in [2.05, 4.69) is 4.99 Å². The molecule has 0 fully saturated rings. The van der Waals surface area contributed by atoms with E-state index in [-0.39, 0.29) is 5.75 Å². The molecule has 0 amide bonds. The van der Waals surface area contributed by atoms with Crippen LogP contribution in [0.5, 0.6) is 5.75 Å². The summed E-state index contributed by atoms with van der Waals surface area (Å²) in [5, 5.41) is 0. The van der Waals surface area contributed by atoms with E-state index < -0.39 is 52.8 Å². The number of hydrogen-bond donors (Lipinski definition) is 0. The molecule has 0 bridgehead atoms. The van der Waals surface area contributed by atoms with Crippen LogP contribution in [0.3, 0.4) is 0 Å². The molecule has 0 heterocycles. The van der Waals surface area contributed by atoms with Crippen LogP contribution in [0.1, 0.15) is 5.56 Å². The molecule has 0 aliphatic heterocycles. The molecule has 0 aliphatic carbocycles. The quantitative estimate of drug-likeness (QED) is 0.256. The van der Waals surface area contributed by atoms with Crippen molar-refractivity contribution in [3.63, 3.8) is 0 Å². The summed E-state index contributed by atoms with van der Waals surface area (Å²) in [6.45, 7) is 0. The molecule has 0 unspecified atom stereocenters. The number of ether oxygens (including phenoxy) is 1. The Bertz CT molecular complexity index is 1040. The van der Waals surface area contributed by atoms with Gasteiger partial charge >= 0.3 is 35.8 Å². The highest BCUT2D eigenvalue weighted by Crippen LogP contribution is 2.60. The summed E-state index contributed by atoms with van der Waals surface area (Å²) < 4.78 is 181. The highest BCUT2D eigenvalue weighted by Gasteiger charge is 2.91. The lowest BCUT2D eigenvalue weighted by Crippen LogP contribution is -2.71. The van der Waals surface area contributed by atoms with Crippen molar-refractivity contribution in [1.29, 1.82) is 0 Å². The second-order valence-corrected chi connectivity index (χ2v) is 6.89. The lowest BCUT2D eigenvalue weighted by Gasteiger charge is -2.40. The molecular formula is C20H12F13NO. The van der Waals surface area contributed by atoms with Crippen LogP contribution >= 0.6 is 0 Å². The first-order valence-corrected chi connectivity index (χ1v) is 9.00. The maximum Gasteiger partial charge on any atom is 0.460 e. The fourth-order valence-corrected chi connectivity index (χ4v) is 2.62. The van der Waals surface area contributed by atoms with Gasteiger partial charge in [0.15, 0.2) is 0 Å². The molecule has 35 heavy (non-hydrogen) atoms. The van der Waals surface area contributed by atoms with Gasteiger partial charge in [-0.3, -0.25) is 0 Å². The second kappa shape index (κ2) is 8.90. The van der Waals surface area contributed by atoms with Crippen molar-refractivity contribution in [2.24, 2.45) is 4.99 Å². The van der Waals surface area contributed by atoms with Gasteiger partial charge in [-0.15, -0.1) is 0 Å². The van der Waals surface area contributed by atoms with E-state index in [1.165, 1.54) is 7.11 Å². The van der Waals surface area contributed by atoms with E-state index in [0.717, 1.165) is 42.5 Å². The van der Waals surface area contributed by atoms with Gasteiger partial charge in [0.1, 0.15) is 11.5 Å². The number of alkyl halides is 13. The molecule has 0 spiro atoms. The van der Waals surface area contributed by atoms with Gasteiger partial charge in [-0.25, -0.2) is 4.99 Å². The summed E-state index contributed by atoms with van der Waals surface area (Å²) in [5.74, 6) is -37.6. The molecule has 0 atom stereocenters. The number of halogens is 13. The van der Waals surface area contributed by atoms with Crippen molar-refractivity contribution in [2.45, 2.75) is 35.8 Å². The highest BCUT2D eigenvalue weighted by atomic mass is 19.4. The van der Waals surface area contributed by atoms with Crippen LogP contribution in [-0.2, 0) is 0 Å². The minimum Gasteiger partial charge on any atom is -0.497 e. The summed E-state index contributed by atoms with van der Waals surface area (Å²) in [6, 6.07) is 8.09. The third-order valence-corrected chi connectivity index (χ3v) is 4.59. The molecule has 0 saturated heterocycles. The molecule has 0 N–H and O–H groups in total. The van der Waals surface area contributed by atoms with E-state index in [0.29, 0.717) is 12.1 Å².